The van der Waals surface area contributed by atoms with E-state index in [1.807, 2.05) is 13.8 Å². The first-order valence-electron chi connectivity index (χ1n) is 6.50. The van der Waals surface area contributed by atoms with Gasteiger partial charge in [-0.25, -0.2) is 4.39 Å². The summed E-state index contributed by atoms with van der Waals surface area (Å²) in [5.41, 5.74) is -0.0325. The van der Waals surface area contributed by atoms with Gasteiger partial charge in [-0.3, -0.25) is 9.59 Å². The fourth-order valence-electron chi connectivity index (χ4n) is 2.34. The van der Waals surface area contributed by atoms with E-state index in [0.717, 1.165) is 0 Å². The summed E-state index contributed by atoms with van der Waals surface area (Å²) < 4.78 is 15.8. The van der Waals surface area contributed by atoms with Gasteiger partial charge in [-0.1, -0.05) is 13.8 Å². The maximum atomic E-state index is 13.9. The molecule has 0 saturated carbocycles. The number of nitrogens with zero attached hydrogens (tertiary/aromatic N) is 1. The molecule has 4 nitrogen and oxygen atoms in total. The number of carbonyl (C=O) groups is 1. The summed E-state index contributed by atoms with van der Waals surface area (Å²) in [5.74, 6) is -0.377. The molecular weight excluding hydrogens is 388 g/mol. The number of carbonyl (C=O) groups excluding carboxylic acids is 1. The normalized spacial score (nSPS) is 12.9. The zero-order valence-electron chi connectivity index (χ0n) is 11.6. The van der Waals surface area contributed by atoms with Crippen molar-refractivity contribution in [2.24, 2.45) is 5.92 Å². The van der Waals surface area contributed by atoms with E-state index in [2.05, 4.69) is 0 Å². The number of fused-ring (bicyclic) bond motifs is 1. The predicted octanol–water partition coefficient (Wildman–Crippen LogP) is 2.75. The van der Waals surface area contributed by atoms with E-state index < -0.39 is 11.2 Å². The lowest BCUT2D eigenvalue weighted by Gasteiger charge is -2.24. The van der Waals surface area contributed by atoms with Crippen LogP contribution in [0.3, 0.4) is 0 Å². The van der Waals surface area contributed by atoms with Gasteiger partial charge in [0.1, 0.15) is 5.82 Å². The van der Waals surface area contributed by atoms with E-state index in [-0.39, 0.29) is 29.5 Å². The maximum Gasteiger partial charge on any atom is 0.199 e. The molecular formula is C15H15FINO3. The molecule has 1 atom stereocenters. The van der Waals surface area contributed by atoms with Gasteiger partial charge < -0.3 is 9.67 Å². The van der Waals surface area contributed by atoms with Crippen molar-refractivity contribution in [3.05, 3.63) is 43.5 Å². The van der Waals surface area contributed by atoms with Crippen LogP contribution in [0.15, 0.2) is 23.1 Å². The van der Waals surface area contributed by atoms with Crippen molar-refractivity contribution >= 4 is 39.8 Å². The molecule has 21 heavy (non-hydrogen) atoms. The van der Waals surface area contributed by atoms with Crippen molar-refractivity contribution < 1.29 is 14.3 Å². The third kappa shape index (κ3) is 2.87. The average molecular weight is 403 g/mol. The van der Waals surface area contributed by atoms with E-state index in [9.17, 15) is 19.1 Å². The Hall–Kier alpha value is -1.28. The molecule has 0 radical (unpaired) electrons. The highest BCUT2D eigenvalue weighted by molar-refractivity contribution is 14.1. The Morgan fingerprint density at radius 1 is 1.43 bits per heavy atom. The van der Waals surface area contributed by atoms with Crippen molar-refractivity contribution in [1.29, 1.82) is 0 Å². The van der Waals surface area contributed by atoms with Gasteiger partial charge in [-0.05, 0) is 40.6 Å². The van der Waals surface area contributed by atoms with Gasteiger partial charge in [0, 0.05) is 15.2 Å². The summed E-state index contributed by atoms with van der Waals surface area (Å²) >= 11 is 1.80. The third-order valence-corrected chi connectivity index (χ3v) is 4.37. The minimum absolute atomic E-state index is 0.00371. The van der Waals surface area contributed by atoms with Crippen LogP contribution in [-0.2, 0) is 0 Å². The molecule has 0 amide bonds. The van der Waals surface area contributed by atoms with Crippen molar-refractivity contribution in [3.63, 3.8) is 0 Å². The standard InChI is InChI=1S/C15H15FINO3/c1-8(2)14(7-20)18-5-9(6-19)15(21)10-3-12(17)11(16)4-13(10)18/h3-6,8,14,20H,7H2,1-2H3/t14-/m1/s1. The van der Waals surface area contributed by atoms with Gasteiger partial charge in [0.05, 0.1) is 23.7 Å². The zero-order chi connectivity index (χ0) is 15.7. The lowest BCUT2D eigenvalue weighted by molar-refractivity contribution is 0.112. The summed E-state index contributed by atoms with van der Waals surface area (Å²) in [5, 5.41) is 9.87. The first-order valence-corrected chi connectivity index (χ1v) is 7.58. The van der Waals surface area contributed by atoms with Crippen LogP contribution in [0.4, 0.5) is 4.39 Å². The summed E-state index contributed by atoms with van der Waals surface area (Å²) in [6.45, 7) is 3.66. The Morgan fingerprint density at radius 2 is 2.10 bits per heavy atom. The molecule has 0 spiro atoms. The molecule has 2 rings (SSSR count). The minimum atomic E-state index is -0.435. The lowest BCUT2D eigenvalue weighted by Crippen LogP contribution is -2.23. The van der Waals surface area contributed by atoms with Gasteiger partial charge in [0.25, 0.3) is 0 Å². The molecule has 0 aliphatic heterocycles. The summed E-state index contributed by atoms with van der Waals surface area (Å²) in [6, 6.07) is 2.37. The second kappa shape index (κ2) is 6.23. The Bertz CT molecular complexity index is 755. The number of aldehydes is 1. The molecule has 2 aromatic rings. The molecule has 1 aromatic heterocycles. The van der Waals surface area contributed by atoms with Crippen LogP contribution in [-0.4, -0.2) is 22.6 Å². The van der Waals surface area contributed by atoms with Crippen LogP contribution < -0.4 is 5.43 Å². The molecule has 1 N–H and O–H groups in total. The van der Waals surface area contributed by atoms with Gasteiger partial charge in [0.15, 0.2) is 11.7 Å². The molecule has 0 aliphatic rings. The highest BCUT2D eigenvalue weighted by Gasteiger charge is 2.19. The topological polar surface area (TPSA) is 59.3 Å². The van der Waals surface area contributed by atoms with Gasteiger partial charge in [0.2, 0.25) is 0 Å². The second-order valence-corrected chi connectivity index (χ2v) is 6.38. The molecule has 1 heterocycles. The van der Waals surface area contributed by atoms with Crippen molar-refractivity contribution in [1.82, 2.24) is 4.57 Å². The Balaban J connectivity index is 2.92. The molecule has 6 heteroatoms. The minimum Gasteiger partial charge on any atom is -0.394 e. The van der Waals surface area contributed by atoms with Gasteiger partial charge >= 0.3 is 0 Å². The van der Waals surface area contributed by atoms with E-state index >= 15 is 0 Å². The van der Waals surface area contributed by atoms with Crippen LogP contribution in [0.25, 0.3) is 10.9 Å². The van der Waals surface area contributed by atoms with E-state index in [1.165, 1.54) is 18.3 Å². The number of rotatable bonds is 4. The zero-order valence-corrected chi connectivity index (χ0v) is 13.8. The number of benzene rings is 1. The number of hydrogen-bond acceptors (Lipinski definition) is 3. The fraction of sp³-hybridized carbons (Fsp3) is 0.333. The predicted molar refractivity (Wildman–Crippen MR) is 87.2 cm³/mol. The van der Waals surface area contributed by atoms with Crippen molar-refractivity contribution in [3.8, 4) is 0 Å². The number of halogens is 2. The summed E-state index contributed by atoms with van der Waals surface area (Å²) in [4.78, 5) is 23.3. The van der Waals surface area contributed by atoms with E-state index in [4.69, 9.17) is 0 Å². The van der Waals surface area contributed by atoms with Crippen LogP contribution in [0.5, 0.6) is 0 Å². The fourth-order valence-corrected chi connectivity index (χ4v) is 2.81. The molecule has 0 fully saturated rings. The number of aromatic nitrogens is 1. The first kappa shape index (κ1) is 16.1. The quantitative estimate of drug-likeness (QED) is 0.631. The lowest BCUT2D eigenvalue weighted by atomic mass is 10.0. The van der Waals surface area contributed by atoms with Gasteiger partial charge in [-0.15, -0.1) is 0 Å². The summed E-state index contributed by atoms with van der Waals surface area (Å²) in [6.07, 6.45) is 1.88. The van der Waals surface area contributed by atoms with Crippen LogP contribution in [0.2, 0.25) is 0 Å². The molecule has 0 saturated heterocycles. The summed E-state index contributed by atoms with van der Waals surface area (Å²) in [7, 11) is 0. The van der Waals surface area contributed by atoms with Crippen LogP contribution in [0.1, 0.15) is 30.2 Å². The Labute approximate surface area is 134 Å². The molecule has 112 valence electrons. The average Bonchev–Trinajstić information content (AvgIpc) is 2.44. The van der Waals surface area contributed by atoms with Crippen molar-refractivity contribution in [2.45, 2.75) is 19.9 Å². The first-order chi connectivity index (χ1) is 9.90. The SMILES string of the molecule is CC(C)[C@@H](CO)n1cc(C=O)c(=O)c2cc(I)c(F)cc21. The monoisotopic (exact) mass is 403 g/mol. The second-order valence-electron chi connectivity index (χ2n) is 5.22. The smallest absolute Gasteiger partial charge is 0.199 e. The molecule has 0 bridgehead atoms. The van der Waals surface area contributed by atoms with Crippen molar-refractivity contribution in [2.75, 3.05) is 6.61 Å². The van der Waals surface area contributed by atoms with Crippen LogP contribution >= 0.6 is 22.6 Å². The maximum absolute atomic E-state index is 13.9. The highest BCUT2D eigenvalue weighted by atomic mass is 127. The number of aliphatic hydroxyl groups is 1. The number of aliphatic hydroxyl groups excluding tert-OH is 1. The van der Waals surface area contributed by atoms with Crippen LogP contribution in [0, 0.1) is 15.3 Å². The molecule has 0 aliphatic carbocycles. The largest absolute Gasteiger partial charge is 0.394 e. The highest BCUT2D eigenvalue weighted by Crippen LogP contribution is 2.25. The van der Waals surface area contributed by atoms with E-state index in [0.29, 0.717) is 15.4 Å². The third-order valence-electron chi connectivity index (χ3n) is 3.54. The van der Waals surface area contributed by atoms with Gasteiger partial charge in [-0.2, -0.15) is 0 Å². The molecule has 0 unspecified atom stereocenters. The Morgan fingerprint density at radius 3 is 2.62 bits per heavy atom. The molecule has 1 aromatic carbocycles. The van der Waals surface area contributed by atoms with E-state index in [1.54, 1.807) is 27.2 Å². The number of hydrogen-bond donors (Lipinski definition) is 1. The number of pyridine rings is 1. The Kier molecular flexibility index (Phi) is 4.77.